The maximum atomic E-state index is 12.9. The maximum absolute atomic E-state index is 12.9. The lowest BCUT2D eigenvalue weighted by Crippen LogP contribution is -2.33. The van der Waals surface area contributed by atoms with Crippen LogP contribution in [0.2, 0.25) is 0 Å². The Morgan fingerprint density at radius 2 is 2.00 bits per heavy atom. The highest BCUT2D eigenvalue weighted by Crippen LogP contribution is 2.28. The topological polar surface area (TPSA) is 29.5 Å². The van der Waals surface area contributed by atoms with Gasteiger partial charge >= 0.3 is 5.97 Å². The largest absolute Gasteiger partial charge is 0.462 e. The number of carbonyl (C=O) groups excluding carboxylic acids is 1. The Hall–Kier alpha value is -1.42. The third-order valence-electron chi connectivity index (χ3n) is 3.06. The van der Waals surface area contributed by atoms with Gasteiger partial charge in [0.2, 0.25) is 0 Å². The summed E-state index contributed by atoms with van der Waals surface area (Å²) in [5.74, 6) is -0.426. The van der Waals surface area contributed by atoms with Crippen molar-refractivity contribution in [1.82, 2.24) is 4.90 Å². The molecule has 0 amide bonds. The summed E-state index contributed by atoms with van der Waals surface area (Å²) in [6.45, 7) is 4.66. The van der Waals surface area contributed by atoms with E-state index in [1.165, 1.54) is 12.1 Å². The Kier molecular flexibility index (Phi) is 4.53. The zero-order chi connectivity index (χ0) is 13.8. The highest BCUT2D eigenvalue weighted by molar-refractivity contribution is 5.71. The lowest BCUT2D eigenvalue weighted by atomic mass is 10.2. The number of esters is 1. The summed E-state index contributed by atoms with van der Waals surface area (Å²) in [6.07, 6.45) is 2.16. The normalized spacial score (nSPS) is 15.0. The van der Waals surface area contributed by atoms with E-state index in [1.54, 1.807) is 12.1 Å². The highest BCUT2D eigenvalue weighted by Gasteiger charge is 2.30. The first kappa shape index (κ1) is 14.0. The van der Waals surface area contributed by atoms with Crippen LogP contribution in [0, 0.1) is 5.82 Å². The molecule has 0 saturated heterocycles. The van der Waals surface area contributed by atoms with E-state index in [9.17, 15) is 9.18 Å². The van der Waals surface area contributed by atoms with Crippen LogP contribution < -0.4 is 0 Å². The van der Waals surface area contributed by atoms with Crippen LogP contribution in [0.1, 0.15) is 32.3 Å². The van der Waals surface area contributed by atoms with Crippen molar-refractivity contribution in [3.63, 3.8) is 0 Å². The van der Waals surface area contributed by atoms with Gasteiger partial charge in [0.1, 0.15) is 5.82 Å². The van der Waals surface area contributed by atoms with E-state index < -0.39 is 0 Å². The van der Waals surface area contributed by atoms with Crippen LogP contribution in [0.15, 0.2) is 24.3 Å². The molecule has 1 aliphatic rings. The van der Waals surface area contributed by atoms with Crippen molar-refractivity contribution in [2.24, 2.45) is 0 Å². The molecule has 1 saturated carbocycles. The Balaban J connectivity index is 1.93. The fourth-order valence-corrected chi connectivity index (χ4v) is 2.04. The van der Waals surface area contributed by atoms with Gasteiger partial charge in [0, 0.05) is 12.6 Å². The fourth-order valence-electron chi connectivity index (χ4n) is 2.04. The fraction of sp³-hybridized carbons (Fsp3) is 0.533. The molecule has 4 heteroatoms. The summed E-state index contributed by atoms with van der Waals surface area (Å²) in [6, 6.07) is 6.89. The summed E-state index contributed by atoms with van der Waals surface area (Å²) in [5.41, 5.74) is 1.02. The molecule has 0 spiro atoms. The molecule has 2 rings (SSSR count). The van der Waals surface area contributed by atoms with Crippen molar-refractivity contribution in [3.8, 4) is 0 Å². The van der Waals surface area contributed by atoms with E-state index in [2.05, 4.69) is 4.90 Å². The molecule has 1 aromatic rings. The molecule has 0 aliphatic heterocycles. The Labute approximate surface area is 113 Å². The van der Waals surface area contributed by atoms with Crippen molar-refractivity contribution in [1.29, 1.82) is 0 Å². The number of nitrogens with zero attached hydrogens (tertiary/aromatic N) is 1. The van der Waals surface area contributed by atoms with Crippen molar-refractivity contribution >= 4 is 5.97 Å². The van der Waals surface area contributed by atoms with E-state index in [0.717, 1.165) is 18.4 Å². The van der Waals surface area contributed by atoms with Crippen molar-refractivity contribution < 1.29 is 13.9 Å². The minimum atomic E-state index is -0.235. The number of rotatable bonds is 6. The second-order valence-corrected chi connectivity index (χ2v) is 5.30. The summed E-state index contributed by atoms with van der Waals surface area (Å²) >= 11 is 0. The van der Waals surface area contributed by atoms with Crippen LogP contribution >= 0.6 is 0 Å². The van der Waals surface area contributed by atoms with Gasteiger partial charge in [-0.25, -0.2) is 4.39 Å². The maximum Gasteiger partial charge on any atom is 0.320 e. The van der Waals surface area contributed by atoms with Crippen LogP contribution in [-0.4, -0.2) is 29.6 Å². The molecule has 0 heterocycles. The third-order valence-corrected chi connectivity index (χ3v) is 3.06. The van der Waals surface area contributed by atoms with E-state index in [4.69, 9.17) is 4.74 Å². The van der Waals surface area contributed by atoms with Gasteiger partial charge in [0.15, 0.2) is 0 Å². The lowest BCUT2D eigenvalue weighted by Gasteiger charge is -2.21. The summed E-state index contributed by atoms with van der Waals surface area (Å²) in [4.78, 5) is 13.8. The molecule has 104 valence electrons. The summed E-state index contributed by atoms with van der Waals surface area (Å²) in [7, 11) is 0. The molecule has 3 nitrogen and oxygen atoms in total. The first-order valence-corrected chi connectivity index (χ1v) is 6.72. The summed E-state index contributed by atoms with van der Waals surface area (Å²) < 4.78 is 18.0. The van der Waals surface area contributed by atoms with E-state index in [-0.39, 0.29) is 17.9 Å². The number of hydrogen-bond acceptors (Lipinski definition) is 3. The number of ether oxygens (including phenoxy) is 1. The van der Waals surface area contributed by atoms with Gasteiger partial charge in [0.25, 0.3) is 0 Å². The standard InChI is InChI=1S/C15H20FNO2/c1-11(2)19-15(18)10-17(14-7-8-14)9-12-3-5-13(16)6-4-12/h3-6,11,14H,7-10H2,1-2H3. The van der Waals surface area contributed by atoms with Gasteiger partial charge in [-0.3, -0.25) is 9.69 Å². The first-order chi connectivity index (χ1) is 9.04. The molecule has 0 N–H and O–H groups in total. The predicted molar refractivity (Wildman–Crippen MR) is 71.1 cm³/mol. The molecule has 0 radical (unpaired) electrons. The average molecular weight is 265 g/mol. The van der Waals surface area contributed by atoms with Gasteiger partial charge in [-0.1, -0.05) is 12.1 Å². The molecule has 0 aromatic heterocycles. The zero-order valence-corrected chi connectivity index (χ0v) is 11.4. The molecule has 0 unspecified atom stereocenters. The van der Waals surface area contributed by atoms with Gasteiger partial charge in [-0.05, 0) is 44.4 Å². The number of carbonyl (C=O) groups is 1. The molecule has 19 heavy (non-hydrogen) atoms. The highest BCUT2D eigenvalue weighted by atomic mass is 19.1. The minimum absolute atomic E-state index is 0.0839. The Bertz CT molecular complexity index is 426. The van der Waals surface area contributed by atoms with Crippen LogP contribution in [-0.2, 0) is 16.1 Å². The molecule has 1 fully saturated rings. The summed E-state index contributed by atoms with van der Waals surface area (Å²) in [5, 5.41) is 0. The first-order valence-electron chi connectivity index (χ1n) is 6.72. The Morgan fingerprint density at radius 1 is 1.37 bits per heavy atom. The van der Waals surface area contributed by atoms with Crippen molar-refractivity contribution in [2.45, 2.75) is 45.4 Å². The van der Waals surface area contributed by atoms with Crippen LogP contribution in [0.5, 0.6) is 0 Å². The minimum Gasteiger partial charge on any atom is -0.462 e. The molecule has 0 bridgehead atoms. The second-order valence-electron chi connectivity index (χ2n) is 5.30. The molecule has 1 aliphatic carbocycles. The number of benzene rings is 1. The molecule has 1 aromatic carbocycles. The van der Waals surface area contributed by atoms with E-state index in [1.807, 2.05) is 13.8 Å². The van der Waals surface area contributed by atoms with Crippen LogP contribution in [0.3, 0.4) is 0 Å². The molecular weight excluding hydrogens is 245 g/mol. The number of hydrogen-bond donors (Lipinski definition) is 0. The van der Waals surface area contributed by atoms with Crippen molar-refractivity contribution in [2.75, 3.05) is 6.54 Å². The Morgan fingerprint density at radius 3 is 2.53 bits per heavy atom. The van der Waals surface area contributed by atoms with Gasteiger partial charge in [-0.15, -0.1) is 0 Å². The van der Waals surface area contributed by atoms with Crippen LogP contribution in [0.25, 0.3) is 0 Å². The lowest BCUT2D eigenvalue weighted by molar-refractivity contribution is -0.149. The molecule has 0 atom stereocenters. The number of halogens is 1. The van der Waals surface area contributed by atoms with E-state index >= 15 is 0 Å². The SMILES string of the molecule is CC(C)OC(=O)CN(Cc1ccc(F)cc1)C1CC1. The average Bonchev–Trinajstić information content (AvgIpc) is 3.14. The van der Waals surface area contributed by atoms with Gasteiger partial charge < -0.3 is 4.74 Å². The third kappa shape index (κ3) is 4.63. The predicted octanol–water partition coefficient (Wildman–Crippen LogP) is 2.74. The van der Waals surface area contributed by atoms with E-state index in [0.29, 0.717) is 19.1 Å². The smallest absolute Gasteiger partial charge is 0.320 e. The zero-order valence-electron chi connectivity index (χ0n) is 11.4. The monoisotopic (exact) mass is 265 g/mol. The van der Waals surface area contributed by atoms with Gasteiger partial charge in [0.05, 0.1) is 12.6 Å². The van der Waals surface area contributed by atoms with Gasteiger partial charge in [-0.2, -0.15) is 0 Å². The van der Waals surface area contributed by atoms with Crippen LogP contribution in [0.4, 0.5) is 4.39 Å². The second kappa shape index (κ2) is 6.15. The van der Waals surface area contributed by atoms with Crippen molar-refractivity contribution in [3.05, 3.63) is 35.6 Å². The quantitative estimate of drug-likeness (QED) is 0.741. The molecular formula is C15H20FNO2.